The summed E-state index contributed by atoms with van der Waals surface area (Å²) < 4.78 is 13.4. The Hall–Kier alpha value is -1.86. The van der Waals surface area contributed by atoms with Crippen molar-refractivity contribution in [3.8, 4) is 0 Å². The van der Waals surface area contributed by atoms with Gasteiger partial charge in [-0.1, -0.05) is 17.7 Å². The average Bonchev–Trinajstić information content (AvgIpc) is 3.30. The monoisotopic (exact) mass is 369 g/mol. The molecular formula is C17H21ClFN3O3. The van der Waals surface area contributed by atoms with E-state index in [1.54, 1.807) is 0 Å². The molecule has 0 atom stereocenters. The van der Waals surface area contributed by atoms with Crippen LogP contribution in [0.2, 0.25) is 5.02 Å². The Balaban J connectivity index is 1.46. The van der Waals surface area contributed by atoms with Crippen LogP contribution in [-0.2, 0) is 4.79 Å². The van der Waals surface area contributed by atoms with Crippen molar-refractivity contribution in [1.29, 1.82) is 0 Å². The van der Waals surface area contributed by atoms with E-state index in [2.05, 4.69) is 10.6 Å². The van der Waals surface area contributed by atoms with Crippen LogP contribution in [0.15, 0.2) is 18.2 Å². The van der Waals surface area contributed by atoms with E-state index >= 15 is 0 Å². The summed E-state index contributed by atoms with van der Waals surface area (Å²) in [4.78, 5) is 25.0. The van der Waals surface area contributed by atoms with Crippen molar-refractivity contribution < 1.29 is 19.1 Å². The summed E-state index contributed by atoms with van der Waals surface area (Å²) in [5.41, 5.74) is 0.219. The number of carboxylic acids is 1. The predicted molar refractivity (Wildman–Crippen MR) is 92.3 cm³/mol. The van der Waals surface area contributed by atoms with Gasteiger partial charge in [0.25, 0.3) is 0 Å². The van der Waals surface area contributed by atoms with E-state index in [9.17, 15) is 14.0 Å². The summed E-state index contributed by atoms with van der Waals surface area (Å²) in [5.74, 6) is -0.798. The molecule has 1 aromatic carbocycles. The molecule has 2 fully saturated rings. The van der Waals surface area contributed by atoms with E-state index in [0.717, 1.165) is 6.54 Å². The van der Waals surface area contributed by atoms with Crippen molar-refractivity contribution in [1.82, 2.24) is 10.2 Å². The molecule has 0 heterocycles. The molecule has 0 bridgehead atoms. The highest BCUT2D eigenvalue weighted by Gasteiger charge is 2.37. The highest BCUT2D eigenvalue weighted by Crippen LogP contribution is 2.34. The van der Waals surface area contributed by atoms with Crippen LogP contribution in [-0.4, -0.2) is 47.2 Å². The van der Waals surface area contributed by atoms with E-state index in [4.69, 9.17) is 16.7 Å². The second-order valence-corrected chi connectivity index (χ2v) is 7.17. The Morgan fingerprint density at radius 3 is 2.68 bits per heavy atom. The number of amides is 2. The van der Waals surface area contributed by atoms with Gasteiger partial charge < -0.3 is 15.7 Å². The standard InChI is InChI=1S/C17H21ClFN3O3/c18-16-13(19)2-1-3-14(16)21-17(25)20-11-6-12(7-11)22(9-15(23)24)8-10-4-5-10/h1-3,10-12H,4-9H2,(H,23,24)(H2,20,21,25). The first-order chi connectivity index (χ1) is 11.9. The number of hydrogen-bond acceptors (Lipinski definition) is 3. The molecule has 2 aliphatic rings. The summed E-state index contributed by atoms with van der Waals surface area (Å²) in [6.07, 6.45) is 3.76. The lowest BCUT2D eigenvalue weighted by Gasteiger charge is -2.42. The molecule has 3 rings (SSSR count). The Morgan fingerprint density at radius 1 is 1.32 bits per heavy atom. The summed E-state index contributed by atoms with van der Waals surface area (Å²) in [7, 11) is 0. The summed E-state index contributed by atoms with van der Waals surface area (Å²) in [6.45, 7) is 0.855. The number of anilines is 1. The molecule has 2 aliphatic carbocycles. The van der Waals surface area contributed by atoms with Gasteiger partial charge in [-0.2, -0.15) is 0 Å². The molecule has 1 aromatic rings. The van der Waals surface area contributed by atoms with E-state index in [1.165, 1.54) is 31.0 Å². The number of carbonyl (C=O) groups excluding carboxylic acids is 1. The fraction of sp³-hybridized carbons (Fsp3) is 0.529. The summed E-state index contributed by atoms with van der Waals surface area (Å²) >= 11 is 5.81. The van der Waals surface area contributed by atoms with Crippen LogP contribution in [0.1, 0.15) is 25.7 Å². The van der Waals surface area contributed by atoms with Crippen LogP contribution in [0.5, 0.6) is 0 Å². The number of nitrogens with zero attached hydrogens (tertiary/aromatic N) is 1. The van der Waals surface area contributed by atoms with Gasteiger partial charge in [0.1, 0.15) is 5.82 Å². The zero-order chi connectivity index (χ0) is 18.0. The van der Waals surface area contributed by atoms with Gasteiger partial charge in [-0.25, -0.2) is 9.18 Å². The maximum Gasteiger partial charge on any atom is 0.319 e. The number of rotatable bonds is 7. The predicted octanol–water partition coefficient (Wildman–Crippen LogP) is 2.93. The third-order valence-corrected chi connectivity index (χ3v) is 5.08. The highest BCUT2D eigenvalue weighted by molar-refractivity contribution is 6.33. The maximum atomic E-state index is 13.4. The van der Waals surface area contributed by atoms with Gasteiger partial charge in [0.2, 0.25) is 0 Å². The topological polar surface area (TPSA) is 81.7 Å². The number of urea groups is 1. The minimum Gasteiger partial charge on any atom is -0.480 e. The van der Waals surface area contributed by atoms with Gasteiger partial charge in [0.05, 0.1) is 17.3 Å². The molecule has 0 radical (unpaired) electrons. The van der Waals surface area contributed by atoms with E-state index in [1.807, 2.05) is 4.90 Å². The van der Waals surface area contributed by atoms with Gasteiger partial charge in [0.15, 0.2) is 0 Å². The molecule has 0 spiro atoms. The first-order valence-electron chi connectivity index (χ1n) is 8.39. The second-order valence-electron chi connectivity index (χ2n) is 6.79. The van der Waals surface area contributed by atoms with Crippen molar-refractivity contribution in [2.75, 3.05) is 18.4 Å². The first-order valence-corrected chi connectivity index (χ1v) is 8.77. The number of halogens is 2. The van der Waals surface area contributed by atoms with Gasteiger partial charge >= 0.3 is 12.0 Å². The van der Waals surface area contributed by atoms with Gasteiger partial charge in [-0.05, 0) is 43.7 Å². The fourth-order valence-electron chi connectivity index (χ4n) is 3.10. The van der Waals surface area contributed by atoms with E-state index in [-0.39, 0.29) is 29.3 Å². The molecule has 3 N–H and O–H groups in total. The van der Waals surface area contributed by atoms with Crippen LogP contribution in [0.4, 0.5) is 14.9 Å². The fourth-order valence-corrected chi connectivity index (χ4v) is 3.27. The zero-order valence-electron chi connectivity index (χ0n) is 13.7. The zero-order valence-corrected chi connectivity index (χ0v) is 14.4. The molecule has 136 valence electrons. The lowest BCUT2D eigenvalue weighted by Crippen LogP contribution is -2.55. The third kappa shape index (κ3) is 4.83. The van der Waals surface area contributed by atoms with Crippen molar-refractivity contribution >= 4 is 29.3 Å². The SMILES string of the molecule is O=C(O)CN(CC1CC1)C1CC(NC(=O)Nc2cccc(F)c2Cl)C1. The van der Waals surface area contributed by atoms with Crippen LogP contribution >= 0.6 is 11.6 Å². The number of carbonyl (C=O) groups is 2. The quantitative estimate of drug-likeness (QED) is 0.690. The molecular weight excluding hydrogens is 349 g/mol. The Morgan fingerprint density at radius 2 is 2.04 bits per heavy atom. The Kier molecular flexibility index (Phi) is 5.44. The van der Waals surface area contributed by atoms with Crippen molar-refractivity contribution in [2.45, 2.75) is 37.8 Å². The van der Waals surface area contributed by atoms with E-state index < -0.39 is 17.8 Å². The molecule has 2 amide bonds. The van der Waals surface area contributed by atoms with Gasteiger partial charge in [-0.15, -0.1) is 0 Å². The van der Waals surface area contributed by atoms with Crippen LogP contribution in [0.25, 0.3) is 0 Å². The van der Waals surface area contributed by atoms with Crippen LogP contribution < -0.4 is 10.6 Å². The number of aliphatic carboxylic acids is 1. The smallest absolute Gasteiger partial charge is 0.319 e. The highest BCUT2D eigenvalue weighted by atomic mass is 35.5. The minimum atomic E-state index is -0.824. The maximum absolute atomic E-state index is 13.4. The third-order valence-electron chi connectivity index (χ3n) is 4.69. The normalized spacial score (nSPS) is 22.4. The number of hydrogen-bond donors (Lipinski definition) is 3. The molecule has 6 nitrogen and oxygen atoms in total. The van der Waals surface area contributed by atoms with Crippen molar-refractivity contribution in [3.05, 3.63) is 29.0 Å². The molecule has 0 aliphatic heterocycles. The number of benzene rings is 1. The Bertz CT molecular complexity index is 663. The second kappa shape index (κ2) is 7.58. The molecule has 25 heavy (non-hydrogen) atoms. The van der Waals surface area contributed by atoms with Crippen molar-refractivity contribution in [3.63, 3.8) is 0 Å². The average molecular weight is 370 g/mol. The Labute approximate surface area is 150 Å². The molecule has 0 aromatic heterocycles. The molecule has 8 heteroatoms. The molecule has 0 unspecified atom stereocenters. The molecule has 2 saturated carbocycles. The lowest BCUT2D eigenvalue weighted by molar-refractivity contribution is -0.139. The van der Waals surface area contributed by atoms with Crippen molar-refractivity contribution in [2.24, 2.45) is 5.92 Å². The number of carboxylic acid groups (broad SMARTS) is 1. The minimum absolute atomic E-state index is 0.0205. The van der Waals surface area contributed by atoms with Crippen LogP contribution in [0.3, 0.4) is 0 Å². The van der Waals surface area contributed by atoms with Crippen LogP contribution in [0, 0.1) is 11.7 Å². The number of nitrogens with one attached hydrogen (secondary N) is 2. The summed E-state index contributed by atoms with van der Waals surface area (Å²) in [6, 6.07) is 3.94. The van der Waals surface area contributed by atoms with Gasteiger partial charge in [0, 0.05) is 18.6 Å². The van der Waals surface area contributed by atoms with E-state index in [0.29, 0.717) is 18.8 Å². The first kappa shape index (κ1) is 17.9. The summed E-state index contributed by atoms with van der Waals surface area (Å²) in [5, 5.41) is 14.3. The lowest BCUT2D eigenvalue weighted by atomic mass is 9.85. The van der Waals surface area contributed by atoms with Gasteiger partial charge in [-0.3, -0.25) is 9.69 Å². The largest absolute Gasteiger partial charge is 0.480 e. The molecule has 0 saturated heterocycles.